The predicted molar refractivity (Wildman–Crippen MR) is 162 cm³/mol. The predicted octanol–water partition coefficient (Wildman–Crippen LogP) is 3.56. The zero-order chi connectivity index (χ0) is 28.5. The molecule has 0 saturated heterocycles. The van der Waals surface area contributed by atoms with Gasteiger partial charge in [-0.1, -0.05) is 0 Å². The summed E-state index contributed by atoms with van der Waals surface area (Å²) in [5.74, 6) is 3.32. The van der Waals surface area contributed by atoms with Crippen LogP contribution < -0.4 is 11.1 Å². The van der Waals surface area contributed by atoms with E-state index >= 15 is 0 Å². The molecule has 2 aliphatic rings. The average molecular weight is 615 g/mol. The van der Waals surface area contributed by atoms with Crippen molar-refractivity contribution in [2.75, 3.05) is 34.5 Å². The van der Waals surface area contributed by atoms with Gasteiger partial charge in [-0.3, -0.25) is 27.1 Å². The molecule has 2 unspecified atom stereocenters. The van der Waals surface area contributed by atoms with Crippen LogP contribution in [-0.4, -0.2) is 62.3 Å². The van der Waals surface area contributed by atoms with Crippen LogP contribution in [0.3, 0.4) is 0 Å². The van der Waals surface area contributed by atoms with Crippen LogP contribution in [0.4, 0.5) is 0 Å². The number of nitrogens with zero attached hydrogens (tertiary/aromatic N) is 2. The van der Waals surface area contributed by atoms with Crippen LogP contribution in [0.25, 0.3) is 0 Å². The number of aromatic hydroxyl groups is 2. The normalized spacial score (nSPS) is 16.7. The molecule has 0 amide bonds. The van der Waals surface area contributed by atoms with Crippen molar-refractivity contribution in [2.24, 2.45) is 0 Å². The highest BCUT2D eigenvalue weighted by atomic mass is 32.2. The molecule has 2 aromatic rings. The van der Waals surface area contributed by atoms with Crippen molar-refractivity contribution in [3.05, 3.63) is 44.0 Å². The van der Waals surface area contributed by atoms with Gasteiger partial charge in [0.25, 0.3) is 11.1 Å². The molecule has 0 aromatic carbocycles. The van der Waals surface area contributed by atoms with Gasteiger partial charge in [0.15, 0.2) is 11.8 Å². The first-order chi connectivity index (χ1) is 18.3. The Kier molecular flexibility index (Phi) is 9.50. The van der Waals surface area contributed by atoms with Crippen molar-refractivity contribution in [3.63, 3.8) is 0 Å². The minimum absolute atomic E-state index is 0.0194. The van der Waals surface area contributed by atoms with Gasteiger partial charge in [0, 0.05) is 100 Å². The molecule has 12 heteroatoms. The first kappa shape index (κ1) is 30.5. The minimum Gasteiger partial charge on any atom is -0.494 e. The maximum atomic E-state index is 12.7. The lowest BCUT2D eigenvalue weighted by Crippen LogP contribution is -2.37. The number of hydrogen-bond acceptors (Lipinski definition) is 8. The Morgan fingerprint density at radius 1 is 0.744 bits per heavy atom. The van der Waals surface area contributed by atoms with Crippen molar-refractivity contribution in [3.8, 4) is 11.8 Å². The molecule has 2 aromatic heterocycles. The van der Waals surface area contributed by atoms with E-state index in [0.29, 0.717) is 42.3 Å². The Balaban J connectivity index is 1.25. The van der Waals surface area contributed by atoms with Crippen molar-refractivity contribution in [1.82, 2.24) is 9.13 Å². The molecular formula is C27H38N2O6S4. The fraction of sp³-hybridized carbons (Fsp3) is 0.630. The monoisotopic (exact) mass is 614 g/mol. The Morgan fingerprint density at radius 2 is 1.13 bits per heavy atom. The van der Waals surface area contributed by atoms with Crippen LogP contribution >= 0.6 is 23.5 Å². The smallest absolute Gasteiger partial charge is 0.254 e. The quantitative estimate of drug-likeness (QED) is 0.373. The summed E-state index contributed by atoms with van der Waals surface area (Å²) in [5.41, 5.74) is -0.237. The van der Waals surface area contributed by atoms with Gasteiger partial charge in [-0.05, 0) is 59.8 Å². The zero-order valence-electron chi connectivity index (χ0n) is 23.0. The second-order valence-electron chi connectivity index (χ2n) is 11.3. The molecule has 0 bridgehead atoms. The maximum absolute atomic E-state index is 12.7. The van der Waals surface area contributed by atoms with E-state index in [2.05, 4.69) is 0 Å². The fourth-order valence-electron chi connectivity index (χ4n) is 5.19. The fourth-order valence-corrected chi connectivity index (χ4v) is 10.3. The summed E-state index contributed by atoms with van der Waals surface area (Å²) in [5, 5.41) is 21.5. The van der Waals surface area contributed by atoms with Crippen LogP contribution in [0.15, 0.2) is 31.5 Å². The van der Waals surface area contributed by atoms with Gasteiger partial charge in [-0.2, -0.15) is 0 Å². The minimum atomic E-state index is -1.14. The van der Waals surface area contributed by atoms with Gasteiger partial charge in [-0.25, -0.2) is 0 Å². The molecule has 8 nitrogen and oxygen atoms in total. The molecular weight excluding hydrogens is 577 g/mol. The largest absolute Gasteiger partial charge is 0.494 e. The summed E-state index contributed by atoms with van der Waals surface area (Å²) in [6.07, 6.45) is 2.93. The van der Waals surface area contributed by atoms with Crippen LogP contribution in [0, 0.1) is 0 Å². The highest BCUT2D eigenvalue weighted by molar-refractivity contribution is 7.99. The van der Waals surface area contributed by atoms with E-state index in [9.17, 15) is 28.2 Å². The number of rotatable bonds is 12. The number of thioether (sulfide) groups is 2. The van der Waals surface area contributed by atoms with E-state index in [0.717, 1.165) is 45.3 Å². The lowest BCUT2D eigenvalue weighted by molar-refractivity contribution is 0.278. The Hall–Kier alpha value is -1.50. The molecule has 216 valence electrons. The van der Waals surface area contributed by atoms with Crippen molar-refractivity contribution < 1.29 is 18.6 Å². The number of aromatic nitrogens is 2. The van der Waals surface area contributed by atoms with Gasteiger partial charge in [-0.15, -0.1) is 23.5 Å². The molecule has 0 spiro atoms. The summed E-state index contributed by atoms with van der Waals surface area (Å²) >= 11 is 3.16. The van der Waals surface area contributed by atoms with Crippen LogP contribution in [0.1, 0.15) is 58.1 Å². The van der Waals surface area contributed by atoms with Crippen molar-refractivity contribution in [2.45, 2.75) is 80.7 Å². The SMILES string of the molecule is CC(C)(CCS(=O)CCCS(=O)CCC(C)(C)n1c(O)c2c(cc1=O)SCC2)n1c(O)c2c(cc1=O)SCC2. The summed E-state index contributed by atoms with van der Waals surface area (Å²) in [6.45, 7) is 7.50. The van der Waals surface area contributed by atoms with Crippen LogP contribution in [-0.2, 0) is 45.5 Å². The molecule has 4 heterocycles. The number of fused-ring (bicyclic) bond motifs is 2. The van der Waals surface area contributed by atoms with E-state index in [-0.39, 0.29) is 22.9 Å². The van der Waals surface area contributed by atoms with Crippen molar-refractivity contribution in [1.29, 1.82) is 0 Å². The molecule has 0 saturated carbocycles. The van der Waals surface area contributed by atoms with Gasteiger partial charge in [0.1, 0.15) is 0 Å². The highest BCUT2D eigenvalue weighted by Gasteiger charge is 2.31. The van der Waals surface area contributed by atoms with Crippen LogP contribution in [0.2, 0.25) is 0 Å². The van der Waals surface area contributed by atoms with E-state index in [1.165, 1.54) is 9.13 Å². The Morgan fingerprint density at radius 3 is 1.51 bits per heavy atom. The summed E-state index contributed by atoms with van der Waals surface area (Å²) < 4.78 is 28.3. The topological polar surface area (TPSA) is 119 Å². The van der Waals surface area contributed by atoms with Crippen molar-refractivity contribution >= 4 is 45.1 Å². The van der Waals surface area contributed by atoms with E-state index in [1.54, 1.807) is 35.7 Å². The molecule has 0 fully saturated rings. The van der Waals surface area contributed by atoms with E-state index in [1.807, 2.05) is 27.7 Å². The second kappa shape index (κ2) is 12.2. The molecule has 2 N–H and O–H groups in total. The second-order valence-corrected chi connectivity index (χ2v) is 17.0. The first-order valence-corrected chi connectivity index (χ1v) is 18.2. The molecule has 2 atom stereocenters. The van der Waals surface area contributed by atoms with E-state index in [4.69, 9.17) is 0 Å². The molecule has 4 rings (SSSR count). The van der Waals surface area contributed by atoms with E-state index < -0.39 is 32.7 Å². The third kappa shape index (κ3) is 6.70. The summed E-state index contributed by atoms with van der Waals surface area (Å²) in [6, 6.07) is 3.17. The van der Waals surface area contributed by atoms with Gasteiger partial charge >= 0.3 is 0 Å². The standard InChI is InChI=1S/C27H38N2O6S4/c1-26(2,28-22(30)16-20-18(24(28)32)6-10-36-20)8-14-38(34)12-5-13-39(35)15-9-27(3,4)29-23(31)17-21-19(25(29)33)7-11-37-21/h16-17,32-33H,5-15H2,1-4H3. The Labute approximate surface area is 242 Å². The molecule has 39 heavy (non-hydrogen) atoms. The Bertz CT molecular complexity index is 1310. The lowest BCUT2D eigenvalue weighted by Gasteiger charge is -2.29. The zero-order valence-corrected chi connectivity index (χ0v) is 26.3. The maximum Gasteiger partial charge on any atom is 0.254 e. The summed E-state index contributed by atoms with van der Waals surface area (Å²) in [7, 11) is -2.28. The molecule has 0 aliphatic carbocycles. The third-order valence-corrected chi connectivity index (χ3v) is 12.5. The number of pyridine rings is 2. The lowest BCUT2D eigenvalue weighted by atomic mass is 10.0. The van der Waals surface area contributed by atoms with Gasteiger partial charge < -0.3 is 10.2 Å². The first-order valence-electron chi connectivity index (χ1n) is 13.2. The molecule has 0 radical (unpaired) electrons. The average Bonchev–Trinajstić information content (AvgIpc) is 3.51. The number of hydrogen-bond donors (Lipinski definition) is 2. The highest BCUT2D eigenvalue weighted by Crippen LogP contribution is 2.38. The van der Waals surface area contributed by atoms with Gasteiger partial charge in [0.2, 0.25) is 0 Å². The van der Waals surface area contributed by atoms with Gasteiger partial charge in [0.05, 0.1) is 0 Å². The molecule has 2 aliphatic heterocycles. The summed E-state index contributed by atoms with van der Waals surface area (Å²) in [4.78, 5) is 27.1. The van der Waals surface area contributed by atoms with Crippen LogP contribution in [0.5, 0.6) is 11.8 Å². The third-order valence-electron chi connectivity index (χ3n) is 7.57.